The number of methoxy groups -OCH3 is 1. The Labute approximate surface area is 64.2 Å². The van der Waals surface area contributed by atoms with Crippen LogP contribution < -0.4 is 0 Å². The molecule has 0 aromatic rings. The lowest BCUT2D eigenvalue weighted by atomic mass is 10.4. The number of ether oxygens (including phenoxy) is 4. The van der Waals surface area contributed by atoms with Crippen molar-refractivity contribution in [3.05, 3.63) is 0 Å². The molecule has 1 atom stereocenters. The molecule has 1 aliphatic heterocycles. The summed E-state index contributed by atoms with van der Waals surface area (Å²) >= 11 is 0. The van der Waals surface area contributed by atoms with Crippen LogP contribution in [0.15, 0.2) is 0 Å². The molecule has 64 valence electrons. The predicted molar refractivity (Wildman–Crippen MR) is 34.0 cm³/mol. The summed E-state index contributed by atoms with van der Waals surface area (Å²) in [5, 5.41) is 0. The Hall–Kier alpha value is -0.810. The first kappa shape index (κ1) is 8.29. The number of hydrogen-bond acceptors (Lipinski definition) is 5. The molecule has 1 fully saturated rings. The average molecular weight is 162 g/mol. The van der Waals surface area contributed by atoms with E-state index in [2.05, 4.69) is 9.47 Å². The minimum atomic E-state index is -0.694. The van der Waals surface area contributed by atoms with E-state index in [1.807, 2.05) is 0 Å². The van der Waals surface area contributed by atoms with Gasteiger partial charge in [0.25, 0.3) is 0 Å². The molecule has 5 heteroatoms. The highest BCUT2D eigenvalue weighted by Crippen LogP contribution is 2.03. The number of rotatable bonds is 2. The fourth-order valence-corrected chi connectivity index (χ4v) is 0.688. The molecule has 11 heavy (non-hydrogen) atoms. The summed E-state index contributed by atoms with van der Waals surface area (Å²) < 4.78 is 18.7. The van der Waals surface area contributed by atoms with Gasteiger partial charge in [0.2, 0.25) is 0 Å². The molecule has 1 heterocycles. The Balaban J connectivity index is 2.06. The Kier molecular flexibility index (Phi) is 3.13. The van der Waals surface area contributed by atoms with E-state index < -0.39 is 6.16 Å². The van der Waals surface area contributed by atoms with Crippen molar-refractivity contribution in [2.45, 2.75) is 6.10 Å². The third kappa shape index (κ3) is 2.73. The zero-order chi connectivity index (χ0) is 8.10. The molecule has 0 N–H and O–H groups in total. The van der Waals surface area contributed by atoms with Crippen LogP contribution in [0.4, 0.5) is 4.79 Å². The van der Waals surface area contributed by atoms with E-state index in [1.165, 1.54) is 7.11 Å². The monoisotopic (exact) mass is 162 g/mol. The molecule has 1 unspecified atom stereocenters. The van der Waals surface area contributed by atoms with Gasteiger partial charge in [-0.15, -0.1) is 0 Å². The van der Waals surface area contributed by atoms with Gasteiger partial charge in [0.05, 0.1) is 13.7 Å². The first-order valence-electron chi connectivity index (χ1n) is 3.23. The second-order valence-electron chi connectivity index (χ2n) is 2.04. The SMILES string of the molecule is COC(=O)OCC1COCO1. The van der Waals surface area contributed by atoms with Crippen molar-refractivity contribution >= 4 is 6.16 Å². The highest BCUT2D eigenvalue weighted by Gasteiger charge is 2.17. The molecule has 0 bridgehead atoms. The summed E-state index contributed by atoms with van der Waals surface area (Å²) in [5.74, 6) is 0. The van der Waals surface area contributed by atoms with E-state index in [0.717, 1.165) is 0 Å². The van der Waals surface area contributed by atoms with Crippen LogP contribution in [0.5, 0.6) is 0 Å². The molecule has 0 aromatic carbocycles. The lowest BCUT2D eigenvalue weighted by Gasteiger charge is -2.06. The fourth-order valence-electron chi connectivity index (χ4n) is 0.688. The Bertz CT molecular complexity index is 129. The third-order valence-electron chi connectivity index (χ3n) is 1.24. The van der Waals surface area contributed by atoms with Crippen LogP contribution in [-0.4, -0.2) is 39.4 Å². The quantitative estimate of drug-likeness (QED) is 0.540. The second kappa shape index (κ2) is 4.15. The van der Waals surface area contributed by atoms with E-state index in [9.17, 15) is 4.79 Å². The van der Waals surface area contributed by atoms with E-state index in [0.29, 0.717) is 6.61 Å². The smallest absolute Gasteiger partial charge is 0.438 e. The lowest BCUT2D eigenvalue weighted by Crippen LogP contribution is -2.20. The maximum absolute atomic E-state index is 10.4. The minimum absolute atomic E-state index is 0.144. The number of hydrogen-bond donors (Lipinski definition) is 0. The zero-order valence-electron chi connectivity index (χ0n) is 6.24. The normalized spacial score (nSPS) is 23.2. The van der Waals surface area contributed by atoms with Gasteiger partial charge in [-0.1, -0.05) is 0 Å². The van der Waals surface area contributed by atoms with Crippen LogP contribution in [0, 0.1) is 0 Å². The van der Waals surface area contributed by atoms with Crippen molar-refractivity contribution in [1.82, 2.24) is 0 Å². The molecule has 0 aliphatic carbocycles. The van der Waals surface area contributed by atoms with E-state index in [-0.39, 0.29) is 19.5 Å². The van der Waals surface area contributed by atoms with Crippen LogP contribution in [-0.2, 0) is 18.9 Å². The van der Waals surface area contributed by atoms with Crippen molar-refractivity contribution in [2.75, 3.05) is 27.1 Å². The Morgan fingerprint density at radius 3 is 3.09 bits per heavy atom. The van der Waals surface area contributed by atoms with Gasteiger partial charge < -0.3 is 18.9 Å². The van der Waals surface area contributed by atoms with Gasteiger partial charge in [-0.3, -0.25) is 0 Å². The summed E-state index contributed by atoms with van der Waals surface area (Å²) in [5.41, 5.74) is 0. The first-order chi connectivity index (χ1) is 5.33. The van der Waals surface area contributed by atoms with E-state index in [4.69, 9.17) is 9.47 Å². The predicted octanol–water partition coefficient (Wildman–Crippen LogP) is 0.142. The number of carbonyl (C=O) groups excluding carboxylic acids is 1. The first-order valence-corrected chi connectivity index (χ1v) is 3.23. The summed E-state index contributed by atoms with van der Waals surface area (Å²) in [7, 11) is 1.26. The third-order valence-corrected chi connectivity index (χ3v) is 1.24. The molecule has 1 rings (SSSR count). The molecule has 0 amide bonds. The van der Waals surface area contributed by atoms with Crippen LogP contribution >= 0.6 is 0 Å². The van der Waals surface area contributed by atoms with Crippen molar-refractivity contribution in [1.29, 1.82) is 0 Å². The van der Waals surface area contributed by atoms with Gasteiger partial charge >= 0.3 is 6.16 Å². The van der Waals surface area contributed by atoms with E-state index in [1.54, 1.807) is 0 Å². The van der Waals surface area contributed by atoms with Crippen molar-refractivity contribution in [3.8, 4) is 0 Å². The average Bonchev–Trinajstić information content (AvgIpc) is 2.52. The molecular weight excluding hydrogens is 152 g/mol. The van der Waals surface area contributed by atoms with Gasteiger partial charge in [0.15, 0.2) is 0 Å². The van der Waals surface area contributed by atoms with Crippen molar-refractivity contribution in [2.24, 2.45) is 0 Å². The van der Waals surface area contributed by atoms with Crippen LogP contribution in [0.3, 0.4) is 0 Å². The molecule has 1 aliphatic rings. The maximum atomic E-state index is 10.4. The van der Waals surface area contributed by atoms with E-state index >= 15 is 0 Å². The highest BCUT2D eigenvalue weighted by atomic mass is 16.7. The van der Waals surface area contributed by atoms with Gasteiger partial charge in [-0.25, -0.2) is 4.79 Å². The summed E-state index contributed by atoms with van der Waals surface area (Å²) in [6, 6.07) is 0. The second-order valence-corrected chi connectivity index (χ2v) is 2.04. The van der Waals surface area contributed by atoms with Gasteiger partial charge in [-0.2, -0.15) is 0 Å². The van der Waals surface area contributed by atoms with Gasteiger partial charge in [0.1, 0.15) is 19.5 Å². The topological polar surface area (TPSA) is 54.0 Å². The number of carbonyl (C=O) groups is 1. The van der Waals surface area contributed by atoms with Crippen LogP contribution in [0.2, 0.25) is 0 Å². The molecule has 0 spiro atoms. The maximum Gasteiger partial charge on any atom is 0.508 e. The Morgan fingerprint density at radius 1 is 1.73 bits per heavy atom. The molecule has 1 saturated heterocycles. The molecule has 0 saturated carbocycles. The van der Waals surface area contributed by atoms with Crippen molar-refractivity contribution < 1.29 is 23.7 Å². The molecule has 5 nitrogen and oxygen atoms in total. The van der Waals surface area contributed by atoms with Crippen molar-refractivity contribution in [3.63, 3.8) is 0 Å². The minimum Gasteiger partial charge on any atom is -0.438 e. The highest BCUT2D eigenvalue weighted by molar-refractivity contribution is 5.59. The largest absolute Gasteiger partial charge is 0.508 e. The zero-order valence-corrected chi connectivity index (χ0v) is 6.24. The molecule has 0 radical (unpaired) electrons. The standard InChI is InChI=1S/C6H10O5/c1-8-6(7)10-3-5-2-9-4-11-5/h5H,2-4H2,1H3. The summed E-state index contributed by atoms with van der Waals surface area (Å²) in [6.45, 7) is 0.929. The van der Waals surface area contributed by atoms with Crippen LogP contribution in [0.25, 0.3) is 0 Å². The fraction of sp³-hybridized carbons (Fsp3) is 0.833. The molecule has 0 aromatic heterocycles. The summed E-state index contributed by atoms with van der Waals surface area (Å²) in [6.07, 6.45) is -0.838. The summed E-state index contributed by atoms with van der Waals surface area (Å²) in [4.78, 5) is 10.4. The van der Waals surface area contributed by atoms with Gasteiger partial charge in [-0.05, 0) is 0 Å². The Morgan fingerprint density at radius 2 is 2.55 bits per heavy atom. The van der Waals surface area contributed by atoms with Gasteiger partial charge in [0, 0.05) is 0 Å². The lowest BCUT2D eigenvalue weighted by molar-refractivity contribution is 0.00636. The molecular formula is C6H10O5. The van der Waals surface area contributed by atoms with Crippen LogP contribution in [0.1, 0.15) is 0 Å².